The smallest absolute Gasteiger partial charge is 0.145 e. The highest BCUT2D eigenvalue weighted by molar-refractivity contribution is 7.71. The maximum absolute atomic E-state index is 5.09. The minimum absolute atomic E-state index is 0.838. The first kappa shape index (κ1) is 7.47. The highest BCUT2D eigenvalue weighted by Crippen LogP contribution is 1.97. The molecule has 0 saturated heterocycles. The van der Waals surface area contributed by atoms with Crippen LogP contribution in [0.2, 0.25) is 0 Å². The van der Waals surface area contributed by atoms with Gasteiger partial charge in [-0.1, -0.05) is 19.1 Å². The lowest BCUT2D eigenvalue weighted by Gasteiger charge is -1.90. The van der Waals surface area contributed by atoms with E-state index >= 15 is 0 Å². The summed E-state index contributed by atoms with van der Waals surface area (Å²) in [5.74, 6) is 0. The summed E-state index contributed by atoms with van der Waals surface area (Å²) in [5.41, 5.74) is 0.983. The van der Waals surface area contributed by atoms with Crippen LogP contribution in [0.4, 0.5) is 0 Å². The molecule has 0 amide bonds. The van der Waals surface area contributed by atoms with Crippen molar-refractivity contribution in [3.63, 3.8) is 0 Å². The van der Waals surface area contributed by atoms with Gasteiger partial charge in [0.2, 0.25) is 0 Å². The lowest BCUT2D eigenvalue weighted by atomic mass is 10.4. The molecule has 4 heteroatoms. The summed E-state index contributed by atoms with van der Waals surface area (Å²) in [7, 11) is 0. The molecule has 0 aromatic carbocycles. The lowest BCUT2D eigenvalue weighted by molar-refractivity contribution is 0.620. The summed E-state index contributed by atoms with van der Waals surface area (Å²) >= 11 is 5.09. The SMILES string of the molecule is CCc1n[nH]n(CC)c1=S. The molecule has 0 aliphatic heterocycles. The number of rotatable bonds is 2. The van der Waals surface area contributed by atoms with Gasteiger partial charge in [0.05, 0.1) is 5.69 Å². The topological polar surface area (TPSA) is 33.6 Å². The number of hydrogen-bond acceptors (Lipinski definition) is 2. The highest BCUT2D eigenvalue weighted by Gasteiger charge is 1.98. The standard InChI is InChI=1S/C6H11N3S/c1-3-5-6(10)9(4-2)8-7-5/h8H,3-4H2,1-2H3. The second-order valence-corrected chi connectivity index (χ2v) is 2.45. The first-order chi connectivity index (χ1) is 4.79. The fourth-order valence-electron chi connectivity index (χ4n) is 0.814. The molecule has 0 fully saturated rings. The molecule has 0 aliphatic rings. The molecule has 0 atom stereocenters. The van der Waals surface area contributed by atoms with Gasteiger partial charge < -0.3 is 0 Å². The number of hydrogen-bond donors (Lipinski definition) is 1. The Morgan fingerprint density at radius 2 is 2.30 bits per heavy atom. The highest BCUT2D eigenvalue weighted by atomic mass is 32.1. The van der Waals surface area contributed by atoms with Gasteiger partial charge >= 0.3 is 0 Å². The Morgan fingerprint density at radius 1 is 1.60 bits per heavy atom. The predicted octanol–water partition coefficient (Wildman–Crippen LogP) is 1.52. The number of nitrogens with zero attached hydrogens (tertiary/aromatic N) is 2. The minimum Gasteiger partial charge on any atom is -0.260 e. The first-order valence-electron chi connectivity index (χ1n) is 3.43. The van der Waals surface area contributed by atoms with Crippen molar-refractivity contribution < 1.29 is 0 Å². The van der Waals surface area contributed by atoms with Gasteiger partial charge in [-0.3, -0.25) is 4.68 Å². The van der Waals surface area contributed by atoms with Crippen molar-refractivity contribution in [1.29, 1.82) is 0 Å². The van der Waals surface area contributed by atoms with E-state index in [4.69, 9.17) is 12.2 Å². The third kappa shape index (κ3) is 1.11. The van der Waals surface area contributed by atoms with E-state index in [9.17, 15) is 0 Å². The summed E-state index contributed by atoms with van der Waals surface area (Å²) in [6.45, 7) is 4.95. The predicted molar refractivity (Wildman–Crippen MR) is 42.5 cm³/mol. The molecule has 1 N–H and O–H groups in total. The molecule has 1 aromatic heterocycles. The van der Waals surface area contributed by atoms with E-state index in [2.05, 4.69) is 10.3 Å². The van der Waals surface area contributed by atoms with Crippen LogP contribution in [-0.2, 0) is 13.0 Å². The number of aromatic nitrogens is 3. The van der Waals surface area contributed by atoms with Gasteiger partial charge in [0, 0.05) is 6.54 Å². The van der Waals surface area contributed by atoms with Gasteiger partial charge in [-0.25, -0.2) is 5.21 Å². The monoisotopic (exact) mass is 157 g/mol. The van der Waals surface area contributed by atoms with E-state index in [-0.39, 0.29) is 0 Å². The first-order valence-corrected chi connectivity index (χ1v) is 3.84. The van der Waals surface area contributed by atoms with Gasteiger partial charge in [-0.2, -0.15) is 5.10 Å². The van der Waals surface area contributed by atoms with Crippen molar-refractivity contribution in [1.82, 2.24) is 15.0 Å². The molecule has 1 heterocycles. The number of aromatic amines is 1. The summed E-state index contributed by atoms with van der Waals surface area (Å²) in [4.78, 5) is 0. The number of aryl methyl sites for hydroxylation is 2. The van der Waals surface area contributed by atoms with Crippen LogP contribution < -0.4 is 0 Å². The average molecular weight is 157 g/mol. The molecule has 1 aromatic rings. The molecule has 0 saturated carbocycles. The molecular formula is C6H11N3S. The van der Waals surface area contributed by atoms with Crippen molar-refractivity contribution >= 4 is 12.2 Å². The zero-order valence-corrected chi connectivity index (χ0v) is 7.03. The number of H-pyrrole nitrogens is 1. The molecule has 0 unspecified atom stereocenters. The lowest BCUT2D eigenvalue weighted by Crippen LogP contribution is -1.95. The average Bonchev–Trinajstić information content (AvgIpc) is 2.30. The molecule has 56 valence electrons. The van der Waals surface area contributed by atoms with Crippen LogP contribution in [0.3, 0.4) is 0 Å². The van der Waals surface area contributed by atoms with E-state index < -0.39 is 0 Å². The molecule has 3 nitrogen and oxygen atoms in total. The largest absolute Gasteiger partial charge is 0.260 e. The van der Waals surface area contributed by atoms with Gasteiger partial charge in [-0.05, 0) is 13.3 Å². The van der Waals surface area contributed by atoms with Crippen LogP contribution in [0, 0.1) is 4.64 Å². The van der Waals surface area contributed by atoms with E-state index in [1.807, 2.05) is 18.5 Å². The fourth-order valence-corrected chi connectivity index (χ4v) is 1.17. The Labute approximate surface area is 65.0 Å². The van der Waals surface area contributed by atoms with E-state index in [0.717, 1.165) is 23.3 Å². The third-order valence-corrected chi connectivity index (χ3v) is 1.90. The maximum Gasteiger partial charge on any atom is 0.145 e. The zero-order chi connectivity index (χ0) is 7.56. The van der Waals surface area contributed by atoms with Crippen molar-refractivity contribution in [2.45, 2.75) is 26.8 Å². The number of nitrogens with one attached hydrogen (secondary N) is 1. The molecule has 1 rings (SSSR count). The van der Waals surface area contributed by atoms with Crippen molar-refractivity contribution in [3.8, 4) is 0 Å². The van der Waals surface area contributed by atoms with Crippen LogP contribution in [0.15, 0.2) is 0 Å². The summed E-state index contributed by atoms with van der Waals surface area (Å²) in [5, 5.41) is 6.88. The molecule has 0 aliphatic carbocycles. The summed E-state index contributed by atoms with van der Waals surface area (Å²) in [6.07, 6.45) is 0.905. The molecule has 0 spiro atoms. The van der Waals surface area contributed by atoms with Crippen LogP contribution in [0.5, 0.6) is 0 Å². The maximum atomic E-state index is 5.09. The second kappa shape index (κ2) is 2.96. The van der Waals surface area contributed by atoms with E-state index in [1.54, 1.807) is 0 Å². The Morgan fingerprint density at radius 3 is 2.60 bits per heavy atom. The quantitative estimate of drug-likeness (QED) is 0.660. The van der Waals surface area contributed by atoms with Gasteiger partial charge in [0.15, 0.2) is 0 Å². The molecule has 0 radical (unpaired) electrons. The Bertz CT molecular complexity index is 236. The Balaban J connectivity index is 3.09. The molecular weight excluding hydrogens is 146 g/mol. The zero-order valence-electron chi connectivity index (χ0n) is 6.22. The molecule has 10 heavy (non-hydrogen) atoms. The van der Waals surface area contributed by atoms with Gasteiger partial charge in [0.25, 0.3) is 0 Å². The molecule has 0 bridgehead atoms. The van der Waals surface area contributed by atoms with Crippen LogP contribution >= 0.6 is 12.2 Å². The van der Waals surface area contributed by atoms with Crippen LogP contribution in [-0.4, -0.2) is 15.0 Å². The Kier molecular flexibility index (Phi) is 2.21. The van der Waals surface area contributed by atoms with E-state index in [1.165, 1.54) is 0 Å². The Hall–Kier alpha value is -0.640. The van der Waals surface area contributed by atoms with Crippen LogP contribution in [0.1, 0.15) is 19.5 Å². The third-order valence-electron chi connectivity index (χ3n) is 1.45. The fraction of sp³-hybridized carbons (Fsp3) is 0.667. The van der Waals surface area contributed by atoms with Crippen molar-refractivity contribution in [2.75, 3.05) is 0 Å². The van der Waals surface area contributed by atoms with Gasteiger partial charge in [0.1, 0.15) is 4.64 Å². The van der Waals surface area contributed by atoms with E-state index in [0.29, 0.717) is 0 Å². The second-order valence-electron chi connectivity index (χ2n) is 2.06. The summed E-state index contributed by atoms with van der Waals surface area (Å²) < 4.78 is 2.69. The van der Waals surface area contributed by atoms with Gasteiger partial charge in [-0.15, -0.1) is 0 Å². The van der Waals surface area contributed by atoms with Crippen molar-refractivity contribution in [2.24, 2.45) is 0 Å². The summed E-state index contributed by atoms with van der Waals surface area (Å²) in [6, 6.07) is 0. The van der Waals surface area contributed by atoms with Crippen molar-refractivity contribution in [3.05, 3.63) is 10.3 Å². The minimum atomic E-state index is 0.838. The normalized spacial score (nSPS) is 10.2. The van der Waals surface area contributed by atoms with Crippen LogP contribution in [0.25, 0.3) is 0 Å².